The van der Waals surface area contributed by atoms with Crippen LogP contribution >= 0.6 is 7.14 Å². The third-order valence-electron chi connectivity index (χ3n) is 4.00. The fourth-order valence-corrected chi connectivity index (χ4v) is 4.89. The van der Waals surface area contributed by atoms with Gasteiger partial charge in [0.2, 0.25) is 0 Å². The number of hydrogen-bond donors (Lipinski definition) is 0. The molecule has 0 aromatic heterocycles. The van der Waals surface area contributed by atoms with E-state index in [1.54, 1.807) is 0 Å². The molecule has 10 radical (unpaired) electrons. The van der Waals surface area contributed by atoms with E-state index in [1.807, 2.05) is 130 Å². The molecule has 0 bridgehead atoms. The minimum atomic E-state index is -2.75. The molecule has 0 unspecified atom stereocenters. The minimum Gasteiger partial charge on any atom is -0.309 e. The average Bonchev–Trinajstić information content (AvgIpc) is 3.44. The van der Waals surface area contributed by atoms with Gasteiger partial charge in [-0.25, -0.2) is 0 Å². The van der Waals surface area contributed by atoms with Crippen LogP contribution in [0.25, 0.3) is 0 Å². The summed E-state index contributed by atoms with van der Waals surface area (Å²) in [5.41, 5.74) is 0. The number of hydrogen-bond acceptors (Lipinski definition) is 1. The molecule has 27 heavy (non-hydrogen) atoms. The summed E-state index contributed by atoms with van der Waals surface area (Å²) in [4.78, 5) is 0. The molecule has 0 spiro atoms. The van der Waals surface area contributed by atoms with Gasteiger partial charge in [0, 0.05) is 16.5 Å². The van der Waals surface area contributed by atoms with E-state index in [9.17, 15) is 4.57 Å². The standard InChI is InChI=1S/C19H16OP.C5H5.Fe/c20-21(18-11-3-1-4-12-18,19-13-5-2-6-14-19)16-15-17-9-7-8-10-17;1-2-4-5-3-1;/h1-16H;1-5H;/q;;+2/b16-15+;;. The molecule has 1 nitrogen and oxygen atoms in total. The van der Waals surface area contributed by atoms with Gasteiger partial charge in [0.05, 0.1) is 0 Å². The molecule has 0 saturated heterocycles. The molecule has 0 N–H and O–H groups in total. The van der Waals surface area contributed by atoms with Gasteiger partial charge in [-0.1, -0.05) is 66.7 Å². The van der Waals surface area contributed by atoms with Crippen LogP contribution in [0.4, 0.5) is 0 Å². The molecule has 0 atom stereocenters. The molecular weight excluding hydrogens is 391 g/mol. The van der Waals surface area contributed by atoms with E-state index in [-0.39, 0.29) is 17.1 Å². The second kappa shape index (κ2) is 11.7. The molecule has 4 rings (SSSR count). The second-order valence-electron chi connectivity index (χ2n) is 5.83. The van der Waals surface area contributed by atoms with Crippen LogP contribution in [0.15, 0.2) is 72.6 Å². The molecule has 2 aromatic rings. The maximum absolute atomic E-state index is 13.6. The minimum absolute atomic E-state index is 0. The van der Waals surface area contributed by atoms with Crippen LogP contribution in [0, 0.1) is 63.7 Å². The SMILES string of the molecule is O=P(/C=C/[C]1[CH][CH][CH][CH]1)(c1ccccc1)c1ccccc1.[CH]1[CH][CH][CH][CH]1.[Fe+2]. The van der Waals surface area contributed by atoms with E-state index >= 15 is 0 Å². The van der Waals surface area contributed by atoms with Crippen LogP contribution < -0.4 is 10.6 Å². The van der Waals surface area contributed by atoms with Gasteiger partial charge in [-0.05, 0) is 63.6 Å². The molecule has 2 fully saturated rings. The molecule has 134 valence electrons. The zero-order valence-corrected chi connectivity index (χ0v) is 16.8. The first-order valence-corrected chi connectivity index (χ1v) is 10.4. The van der Waals surface area contributed by atoms with E-state index in [0.717, 1.165) is 16.5 Å². The molecular formula is C24H21FeOP+2. The molecule has 2 saturated carbocycles. The largest absolute Gasteiger partial charge is 2.00 e. The molecule has 2 aromatic carbocycles. The van der Waals surface area contributed by atoms with Crippen molar-refractivity contribution in [3.63, 3.8) is 0 Å². The van der Waals surface area contributed by atoms with Crippen molar-refractivity contribution < 1.29 is 21.6 Å². The van der Waals surface area contributed by atoms with E-state index < -0.39 is 7.14 Å². The summed E-state index contributed by atoms with van der Waals surface area (Å²) in [5.74, 6) is 2.93. The van der Waals surface area contributed by atoms with E-state index in [1.165, 1.54) is 0 Å². The molecule has 2 aliphatic carbocycles. The quantitative estimate of drug-likeness (QED) is 0.514. The summed E-state index contributed by atoms with van der Waals surface area (Å²) in [7, 11) is -2.75. The Morgan fingerprint density at radius 2 is 1.00 bits per heavy atom. The average molecular weight is 412 g/mol. The first-order valence-electron chi connectivity index (χ1n) is 8.58. The normalized spacial score (nSPS) is 17.3. The fourth-order valence-electron chi connectivity index (χ4n) is 2.63. The third kappa shape index (κ3) is 6.49. The van der Waals surface area contributed by atoms with Crippen LogP contribution in [-0.2, 0) is 21.6 Å². The maximum atomic E-state index is 13.6. The van der Waals surface area contributed by atoms with Gasteiger partial charge in [0.25, 0.3) is 0 Å². The zero-order valence-electron chi connectivity index (χ0n) is 14.8. The van der Waals surface area contributed by atoms with Gasteiger partial charge < -0.3 is 4.57 Å². The number of benzene rings is 2. The predicted molar refractivity (Wildman–Crippen MR) is 111 cm³/mol. The van der Waals surface area contributed by atoms with E-state index in [2.05, 4.69) is 0 Å². The van der Waals surface area contributed by atoms with Crippen LogP contribution in [0.1, 0.15) is 0 Å². The maximum Gasteiger partial charge on any atom is 2.00 e. The molecule has 0 heterocycles. The van der Waals surface area contributed by atoms with Crippen molar-refractivity contribution in [3.05, 3.63) is 136 Å². The number of allylic oxidation sites excluding steroid dienone is 1. The smallest absolute Gasteiger partial charge is 0.309 e. The van der Waals surface area contributed by atoms with Crippen molar-refractivity contribution in [2.45, 2.75) is 0 Å². The second-order valence-corrected chi connectivity index (χ2v) is 8.47. The Morgan fingerprint density at radius 1 is 0.593 bits per heavy atom. The predicted octanol–water partition coefficient (Wildman–Crippen LogP) is 4.94. The molecule has 2 aliphatic rings. The first kappa shape index (κ1) is 22.2. The Labute approximate surface area is 175 Å². The van der Waals surface area contributed by atoms with Crippen LogP contribution in [0.3, 0.4) is 0 Å². The van der Waals surface area contributed by atoms with Gasteiger partial charge >= 0.3 is 17.1 Å². The van der Waals surface area contributed by atoms with Crippen molar-refractivity contribution in [3.8, 4) is 0 Å². The van der Waals surface area contributed by atoms with Crippen LogP contribution in [-0.4, -0.2) is 0 Å². The van der Waals surface area contributed by atoms with E-state index in [0.29, 0.717) is 0 Å². The van der Waals surface area contributed by atoms with Crippen molar-refractivity contribution >= 4 is 17.8 Å². The zero-order chi connectivity index (χ0) is 18.1. The topological polar surface area (TPSA) is 17.1 Å². The van der Waals surface area contributed by atoms with E-state index in [4.69, 9.17) is 0 Å². The Morgan fingerprint density at radius 3 is 1.41 bits per heavy atom. The summed E-state index contributed by atoms with van der Waals surface area (Å²) < 4.78 is 13.6. The van der Waals surface area contributed by atoms with Crippen molar-refractivity contribution in [2.75, 3.05) is 0 Å². The Bertz CT molecular complexity index is 665. The van der Waals surface area contributed by atoms with Gasteiger partial charge in [-0.15, -0.1) is 0 Å². The Balaban J connectivity index is 0.000000379. The van der Waals surface area contributed by atoms with Crippen molar-refractivity contribution in [1.82, 2.24) is 0 Å². The summed E-state index contributed by atoms with van der Waals surface area (Å²) in [5, 5.41) is 1.72. The number of rotatable bonds is 4. The third-order valence-corrected chi connectivity index (χ3v) is 6.70. The molecule has 0 aliphatic heterocycles. The van der Waals surface area contributed by atoms with Crippen molar-refractivity contribution in [2.24, 2.45) is 0 Å². The summed E-state index contributed by atoms with van der Waals surface area (Å²) >= 11 is 0. The first-order chi connectivity index (χ1) is 12.8. The fraction of sp³-hybridized carbons (Fsp3) is 0. The summed E-state index contributed by atoms with van der Waals surface area (Å²) in [6.45, 7) is 0. The van der Waals surface area contributed by atoms with Crippen LogP contribution in [0.5, 0.6) is 0 Å². The Kier molecular flexibility index (Phi) is 9.63. The summed E-state index contributed by atoms with van der Waals surface area (Å²) in [6, 6.07) is 19.4. The molecule has 0 amide bonds. The van der Waals surface area contributed by atoms with Crippen LogP contribution in [0.2, 0.25) is 0 Å². The van der Waals surface area contributed by atoms with Gasteiger partial charge in [-0.2, -0.15) is 0 Å². The monoisotopic (exact) mass is 412 g/mol. The summed E-state index contributed by atoms with van der Waals surface area (Å²) in [6.07, 6.45) is 19.9. The Hall–Kier alpha value is -1.07. The van der Waals surface area contributed by atoms with Gasteiger partial charge in [0.1, 0.15) is 0 Å². The molecule has 3 heteroatoms. The van der Waals surface area contributed by atoms with Gasteiger partial charge in [0.15, 0.2) is 7.14 Å². The van der Waals surface area contributed by atoms with Crippen molar-refractivity contribution in [1.29, 1.82) is 0 Å². The van der Waals surface area contributed by atoms with Gasteiger partial charge in [-0.3, -0.25) is 0 Å².